The second-order valence-electron chi connectivity index (χ2n) is 5.47. The van der Waals surface area contributed by atoms with E-state index in [1.54, 1.807) is 0 Å². The van der Waals surface area contributed by atoms with E-state index in [1.165, 1.54) is 6.42 Å². The van der Waals surface area contributed by atoms with Gasteiger partial charge < -0.3 is 15.6 Å². The van der Waals surface area contributed by atoms with Gasteiger partial charge in [-0.25, -0.2) is 0 Å². The Morgan fingerprint density at radius 1 is 1.61 bits per heavy atom. The summed E-state index contributed by atoms with van der Waals surface area (Å²) in [6.45, 7) is 2.71. The maximum Gasteiger partial charge on any atom is 0.268 e. The van der Waals surface area contributed by atoms with Gasteiger partial charge in [-0.05, 0) is 30.9 Å². The van der Waals surface area contributed by atoms with Gasteiger partial charge in [-0.3, -0.25) is 4.79 Å². The Bertz CT molecular complexity index is 426. The number of nitrogens with one attached hydrogen (secondary N) is 1. The van der Waals surface area contributed by atoms with Crippen molar-refractivity contribution in [3.8, 4) is 0 Å². The Labute approximate surface area is 109 Å². The van der Waals surface area contributed by atoms with Crippen molar-refractivity contribution < 1.29 is 4.79 Å². The summed E-state index contributed by atoms with van der Waals surface area (Å²) in [7, 11) is 1.88. The number of hydrogen-bond donors (Lipinski definition) is 2. The molecule has 4 heteroatoms. The van der Waals surface area contributed by atoms with Crippen LogP contribution in [0.3, 0.4) is 0 Å². The fourth-order valence-electron chi connectivity index (χ4n) is 2.94. The zero-order chi connectivity index (χ0) is 13.2. The van der Waals surface area contributed by atoms with Crippen molar-refractivity contribution in [1.29, 1.82) is 0 Å². The summed E-state index contributed by atoms with van der Waals surface area (Å²) < 4.78 is 1.84. The summed E-state index contributed by atoms with van der Waals surface area (Å²) in [4.78, 5) is 12.3. The topological polar surface area (TPSA) is 60.0 Å². The fraction of sp³-hybridized carbons (Fsp3) is 0.643. The van der Waals surface area contributed by atoms with Gasteiger partial charge in [0.05, 0.1) is 5.54 Å². The van der Waals surface area contributed by atoms with E-state index < -0.39 is 0 Å². The zero-order valence-electron chi connectivity index (χ0n) is 11.3. The first-order chi connectivity index (χ1) is 8.59. The van der Waals surface area contributed by atoms with Crippen LogP contribution in [0.15, 0.2) is 18.3 Å². The van der Waals surface area contributed by atoms with Gasteiger partial charge in [-0.1, -0.05) is 19.8 Å². The number of rotatable bonds is 3. The highest BCUT2D eigenvalue weighted by Crippen LogP contribution is 2.33. The molecule has 0 spiro atoms. The van der Waals surface area contributed by atoms with Gasteiger partial charge in [0.1, 0.15) is 5.69 Å². The zero-order valence-corrected chi connectivity index (χ0v) is 11.3. The number of carbonyl (C=O) groups is 1. The van der Waals surface area contributed by atoms with Crippen molar-refractivity contribution in [2.75, 3.05) is 6.54 Å². The Kier molecular flexibility index (Phi) is 3.76. The third-order valence-corrected chi connectivity index (χ3v) is 4.36. The normalized spacial score (nSPS) is 28.1. The van der Waals surface area contributed by atoms with Crippen LogP contribution in [0.25, 0.3) is 0 Å². The number of carbonyl (C=O) groups excluding carboxylic acids is 1. The first-order valence-corrected chi connectivity index (χ1v) is 6.73. The number of aryl methyl sites for hydroxylation is 1. The average molecular weight is 249 g/mol. The van der Waals surface area contributed by atoms with Crippen molar-refractivity contribution in [2.24, 2.45) is 18.7 Å². The minimum atomic E-state index is -0.223. The molecule has 0 aliphatic heterocycles. The number of amides is 1. The first-order valence-electron chi connectivity index (χ1n) is 6.73. The van der Waals surface area contributed by atoms with Crippen molar-refractivity contribution >= 4 is 5.91 Å². The largest absolute Gasteiger partial charge is 0.347 e. The highest BCUT2D eigenvalue weighted by molar-refractivity contribution is 5.93. The minimum Gasteiger partial charge on any atom is -0.347 e. The van der Waals surface area contributed by atoms with Crippen molar-refractivity contribution in [3.63, 3.8) is 0 Å². The minimum absolute atomic E-state index is 0.0123. The molecule has 2 unspecified atom stereocenters. The van der Waals surface area contributed by atoms with Crippen LogP contribution in [0.1, 0.15) is 43.1 Å². The molecule has 0 bridgehead atoms. The van der Waals surface area contributed by atoms with Crippen LogP contribution in [0.4, 0.5) is 0 Å². The third kappa shape index (κ3) is 2.29. The molecule has 1 saturated carbocycles. The highest BCUT2D eigenvalue weighted by Gasteiger charge is 2.38. The van der Waals surface area contributed by atoms with E-state index in [2.05, 4.69) is 12.2 Å². The lowest BCUT2D eigenvalue weighted by Crippen LogP contribution is -2.59. The highest BCUT2D eigenvalue weighted by atomic mass is 16.2. The molecule has 100 valence electrons. The molecule has 1 fully saturated rings. The lowest BCUT2D eigenvalue weighted by molar-refractivity contribution is 0.0804. The van der Waals surface area contributed by atoms with Gasteiger partial charge in [0.25, 0.3) is 5.91 Å². The fourth-order valence-corrected chi connectivity index (χ4v) is 2.94. The van der Waals surface area contributed by atoms with Crippen LogP contribution >= 0.6 is 0 Å². The summed E-state index contributed by atoms with van der Waals surface area (Å²) in [6, 6.07) is 3.72. The Morgan fingerprint density at radius 3 is 2.94 bits per heavy atom. The smallest absolute Gasteiger partial charge is 0.268 e. The number of nitrogens with two attached hydrogens (primary N) is 1. The molecule has 0 aromatic carbocycles. The van der Waals surface area contributed by atoms with Gasteiger partial charge in [0.2, 0.25) is 0 Å². The predicted molar refractivity (Wildman–Crippen MR) is 72.3 cm³/mol. The quantitative estimate of drug-likeness (QED) is 0.856. The SMILES string of the molecule is CC1CCCCC1(CN)NC(=O)c1cccn1C. The van der Waals surface area contributed by atoms with Gasteiger partial charge in [-0.15, -0.1) is 0 Å². The number of aromatic nitrogens is 1. The first kappa shape index (κ1) is 13.1. The van der Waals surface area contributed by atoms with Crippen LogP contribution in [0.2, 0.25) is 0 Å². The van der Waals surface area contributed by atoms with Crippen molar-refractivity contribution in [1.82, 2.24) is 9.88 Å². The molecule has 3 N–H and O–H groups in total. The van der Waals surface area contributed by atoms with Crippen molar-refractivity contribution in [2.45, 2.75) is 38.1 Å². The molecule has 0 saturated heterocycles. The molecule has 0 radical (unpaired) electrons. The Balaban J connectivity index is 2.15. The van der Waals surface area contributed by atoms with E-state index in [1.807, 2.05) is 29.9 Å². The molecule has 1 aromatic heterocycles. The average Bonchev–Trinajstić information content (AvgIpc) is 2.78. The van der Waals surface area contributed by atoms with Crippen LogP contribution in [-0.4, -0.2) is 22.6 Å². The van der Waals surface area contributed by atoms with Crippen LogP contribution in [-0.2, 0) is 7.05 Å². The van der Waals surface area contributed by atoms with E-state index >= 15 is 0 Å². The van der Waals surface area contributed by atoms with Crippen LogP contribution in [0.5, 0.6) is 0 Å². The summed E-state index contributed by atoms with van der Waals surface area (Å²) in [6.07, 6.45) is 6.40. The summed E-state index contributed by atoms with van der Waals surface area (Å²) in [5.74, 6) is 0.433. The molecular formula is C14H23N3O. The lowest BCUT2D eigenvalue weighted by Gasteiger charge is -2.42. The van der Waals surface area contributed by atoms with E-state index in [-0.39, 0.29) is 11.4 Å². The molecule has 1 heterocycles. The lowest BCUT2D eigenvalue weighted by atomic mass is 9.73. The number of hydrogen-bond acceptors (Lipinski definition) is 2. The molecule has 1 amide bonds. The molecule has 1 aliphatic rings. The molecule has 2 atom stereocenters. The van der Waals surface area contributed by atoms with Gasteiger partial charge >= 0.3 is 0 Å². The second-order valence-corrected chi connectivity index (χ2v) is 5.47. The van der Waals surface area contributed by atoms with E-state index in [0.717, 1.165) is 19.3 Å². The second kappa shape index (κ2) is 5.14. The maximum absolute atomic E-state index is 12.3. The molecule has 1 aliphatic carbocycles. The monoisotopic (exact) mass is 249 g/mol. The Hall–Kier alpha value is -1.29. The van der Waals surface area contributed by atoms with Gasteiger partial charge in [-0.2, -0.15) is 0 Å². The van der Waals surface area contributed by atoms with Crippen LogP contribution < -0.4 is 11.1 Å². The molecule has 2 rings (SSSR count). The molecule has 1 aromatic rings. The predicted octanol–water partition coefficient (Wildman–Crippen LogP) is 1.66. The standard InChI is InChI=1S/C14H23N3O/c1-11-6-3-4-8-14(11,10-15)16-13(18)12-7-5-9-17(12)2/h5,7,9,11H,3-4,6,8,10,15H2,1-2H3,(H,16,18). The van der Waals surface area contributed by atoms with Gasteiger partial charge in [0.15, 0.2) is 0 Å². The summed E-state index contributed by atoms with van der Waals surface area (Å²) in [5, 5.41) is 3.19. The maximum atomic E-state index is 12.3. The van der Waals surface area contributed by atoms with E-state index in [0.29, 0.717) is 18.2 Å². The van der Waals surface area contributed by atoms with Crippen LogP contribution in [0, 0.1) is 5.92 Å². The molecule has 4 nitrogen and oxygen atoms in total. The van der Waals surface area contributed by atoms with Gasteiger partial charge in [0, 0.05) is 19.8 Å². The van der Waals surface area contributed by atoms with E-state index in [4.69, 9.17) is 5.73 Å². The van der Waals surface area contributed by atoms with E-state index in [9.17, 15) is 4.79 Å². The molecular weight excluding hydrogens is 226 g/mol. The molecule has 18 heavy (non-hydrogen) atoms. The third-order valence-electron chi connectivity index (χ3n) is 4.36. The number of nitrogens with zero attached hydrogens (tertiary/aromatic N) is 1. The summed E-state index contributed by atoms with van der Waals surface area (Å²) >= 11 is 0. The summed E-state index contributed by atoms with van der Waals surface area (Å²) in [5.41, 5.74) is 6.42. The Morgan fingerprint density at radius 2 is 2.39 bits per heavy atom. The van der Waals surface area contributed by atoms with Crippen molar-refractivity contribution in [3.05, 3.63) is 24.0 Å².